The van der Waals surface area contributed by atoms with Crippen molar-refractivity contribution >= 4 is 14.1 Å². The molecule has 0 spiro atoms. The molecule has 0 amide bonds. The highest BCUT2D eigenvalue weighted by atomic mass is 28.4. The summed E-state index contributed by atoms with van der Waals surface area (Å²) in [6, 6.07) is 20.5. The van der Waals surface area contributed by atoms with Gasteiger partial charge in [-0.3, -0.25) is 4.79 Å². The topological polar surface area (TPSA) is 35.5 Å². The molecule has 140 valence electrons. The SMILES string of the molecule is CC[Si](CC)(CC)OC(Cc1ccccc1)C(=O)c1ccc(OC)cc1. The van der Waals surface area contributed by atoms with E-state index >= 15 is 0 Å². The number of hydrogen-bond acceptors (Lipinski definition) is 3. The molecule has 0 aromatic heterocycles. The second-order valence-electron chi connectivity index (χ2n) is 6.63. The summed E-state index contributed by atoms with van der Waals surface area (Å²) in [5, 5.41) is 0. The second kappa shape index (κ2) is 9.69. The maximum Gasteiger partial charge on any atom is 0.193 e. The normalized spacial score (nSPS) is 12.6. The Morgan fingerprint density at radius 1 is 0.923 bits per heavy atom. The Hall–Kier alpha value is -1.91. The van der Waals surface area contributed by atoms with Crippen LogP contribution in [0.15, 0.2) is 54.6 Å². The first-order valence-electron chi connectivity index (χ1n) is 9.47. The summed E-state index contributed by atoms with van der Waals surface area (Å²) in [4.78, 5) is 13.2. The number of methoxy groups -OCH3 is 1. The van der Waals surface area contributed by atoms with Crippen LogP contribution in [0.4, 0.5) is 0 Å². The Bertz CT molecular complexity index is 670. The first-order chi connectivity index (χ1) is 12.6. The summed E-state index contributed by atoms with van der Waals surface area (Å²) in [5.41, 5.74) is 1.81. The standard InChI is InChI=1S/C22H30O3Si/c1-5-26(6-2,7-3)25-21(17-18-11-9-8-10-12-18)22(23)19-13-15-20(24-4)16-14-19/h8-16,21H,5-7,17H2,1-4H3. The van der Waals surface area contributed by atoms with Crippen molar-refractivity contribution in [3.05, 3.63) is 65.7 Å². The number of ketones is 1. The van der Waals surface area contributed by atoms with Crippen LogP contribution in [-0.2, 0) is 10.8 Å². The molecule has 4 heteroatoms. The molecule has 2 aromatic rings. The van der Waals surface area contributed by atoms with Crippen LogP contribution in [0, 0.1) is 0 Å². The average Bonchev–Trinajstić information content (AvgIpc) is 2.71. The van der Waals surface area contributed by atoms with Gasteiger partial charge in [-0.2, -0.15) is 0 Å². The molecule has 3 nitrogen and oxygen atoms in total. The van der Waals surface area contributed by atoms with Crippen molar-refractivity contribution in [3.63, 3.8) is 0 Å². The Kier molecular flexibility index (Phi) is 7.61. The fourth-order valence-electron chi connectivity index (χ4n) is 3.26. The number of ether oxygens (including phenoxy) is 1. The van der Waals surface area contributed by atoms with Crippen LogP contribution in [0.2, 0.25) is 18.1 Å². The number of benzene rings is 2. The Balaban J connectivity index is 2.30. The average molecular weight is 371 g/mol. The lowest BCUT2D eigenvalue weighted by molar-refractivity contribution is 0.0772. The molecule has 1 atom stereocenters. The van der Waals surface area contributed by atoms with E-state index in [-0.39, 0.29) is 5.78 Å². The molecule has 0 fully saturated rings. The largest absolute Gasteiger partial charge is 0.497 e. The van der Waals surface area contributed by atoms with Crippen molar-refractivity contribution in [2.75, 3.05) is 7.11 Å². The highest BCUT2D eigenvalue weighted by Gasteiger charge is 2.35. The molecule has 1 unspecified atom stereocenters. The van der Waals surface area contributed by atoms with E-state index in [2.05, 4.69) is 32.9 Å². The van der Waals surface area contributed by atoms with Gasteiger partial charge in [-0.05, 0) is 48.0 Å². The van der Waals surface area contributed by atoms with Crippen molar-refractivity contribution in [2.45, 2.75) is 51.4 Å². The predicted molar refractivity (Wildman–Crippen MR) is 110 cm³/mol. The van der Waals surface area contributed by atoms with Crippen LogP contribution >= 0.6 is 0 Å². The van der Waals surface area contributed by atoms with E-state index in [0.29, 0.717) is 12.0 Å². The second-order valence-corrected chi connectivity index (χ2v) is 11.4. The summed E-state index contributed by atoms with van der Waals surface area (Å²) in [6.07, 6.45) is 0.179. The van der Waals surface area contributed by atoms with Gasteiger partial charge >= 0.3 is 0 Å². The molecule has 0 N–H and O–H groups in total. The number of rotatable bonds is 10. The first kappa shape index (κ1) is 20.4. The maximum absolute atomic E-state index is 13.2. The van der Waals surface area contributed by atoms with Crippen LogP contribution in [0.5, 0.6) is 5.75 Å². The monoisotopic (exact) mass is 370 g/mol. The van der Waals surface area contributed by atoms with E-state index in [9.17, 15) is 4.79 Å². The lowest BCUT2D eigenvalue weighted by Crippen LogP contribution is -2.43. The summed E-state index contributed by atoms with van der Waals surface area (Å²) in [7, 11) is -0.266. The van der Waals surface area contributed by atoms with Gasteiger partial charge in [0, 0.05) is 12.0 Å². The molecule has 0 bridgehead atoms. The molecular weight excluding hydrogens is 340 g/mol. The van der Waals surface area contributed by atoms with E-state index in [1.54, 1.807) is 7.11 Å². The molecule has 0 radical (unpaired) electrons. The third-order valence-corrected chi connectivity index (χ3v) is 9.91. The number of carbonyl (C=O) groups is 1. The maximum atomic E-state index is 13.2. The van der Waals surface area contributed by atoms with Crippen LogP contribution in [-0.4, -0.2) is 27.3 Å². The van der Waals surface area contributed by atoms with Crippen LogP contribution in [0.3, 0.4) is 0 Å². The smallest absolute Gasteiger partial charge is 0.193 e. The summed E-state index contributed by atoms with van der Waals surface area (Å²) >= 11 is 0. The summed E-state index contributed by atoms with van der Waals surface area (Å²) < 4.78 is 11.8. The van der Waals surface area contributed by atoms with Gasteiger partial charge in [0.2, 0.25) is 0 Å². The van der Waals surface area contributed by atoms with Gasteiger partial charge in [-0.15, -0.1) is 0 Å². The Labute approximate surface area is 158 Å². The molecule has 0 aliphatic carbocycles. The molecule has 2 aromatic carbocycles. The fourth-order valence-corrected chi connectivity index (χ4v) is 6.05. The number of carbonyl (C=O) groups excluding carboxylic acids is 1. The first-order valence-corrected chi connectivity index (χ1v) is 12.0. The predicted octanol–water partition coefficient (Wildman–Crippen LogP) is 5.51. The van der Waals surface area contributed by atoms with E-state index in [4.69, 9.17) is 9.16 Å². The van der Waals surface area contributed by atoms with Gasteiger partial charge in [0.25, 0.3) is 0 Å². The van der Waals surface area contributed by atoms with E-state index < -0.39 is 14.4 Å². The van der Waals surface area contributed by atoms with Gasteiger partial charge < -0.3 is 9.16 Å². The lowest BCUT2D eigenvalue weighted by Gasteiger charge is -2.33. The minimum atomic E-state index is -1.89. The van der Waals surface area contributed by atoms with Gasteiger partial charge in [-0.25, -0.2) is 0 Å². The summed E-state index contributed by atoms with van der Waals surface area (Å²) in [6.45, 7) is 6.57. The van der Waals surface area contributed by atoms with Crippen LogP contribution in [0.25, 0.3) is 0 Å². The quantitative estimate of drug-likeness (QED) is 0.408. The van der Waals surface area contributed by atoms with Gasteiger partial charge in [0.05, 0.1) is 7.11 Å². The minimum Gasteiger partial charge on any atom is -0.497 e. The zero-order chi connectivity index (χ0) is 19.0. The molecule has 2 rings (SSSR count). The Morgan fingerprint density at radius 3 is 2.00 bits per heavy atom. The third-order valence-electron chi connectivity index (χ3n) is 5.26. The molecule has 0 saturated carbocycles. The number of hydrogen-bond donors (Lipinski definition) is 0. The van der Waals surface area contributed by atoms with Crippen molar-refractivity contribution < 1.29 is 14.0 Å². The molecule has 0 aliphatic rings. The lowest BCUT2D eigenvalue weighted by atomic mass is 10.00. The third kappa shape index (κ3) is 5.05. The number of Topliss-reactive ketones (excluding diaryl/α,β-unsaturated/α-hetero) is 1. The highest BCUT2D eigenvalue weighted by Crippen LogP contribution is 2.26. The van der Waals surface area contributed by atoms with E-state index in [0.717, 1.165) is 29.4 Å². The molecule has 0 aliphatic heterocycles. The fraction of sp³-hybridized carbons (Fsp3) is 0.409. The van der Waals surface area contributed by atoms with Crippen molar-refractivity contribution in [1.29, 1.82) is 0 Å². The minimum absolute atomic E-state index is 0.0590. The Morgan fingerprint density at radius 2 is 1.50 bits per heavy atom. The van der Waals surface area contributed by atoms with Gasteiger partial charge in [0.1, 0.15) is 11.9 Å². The van der Waals surface area contributed by atoms with E-state index in [1.165, 1.54) is 0 Å². The van der Waals surface area contributed by atoms with Crippen molar-refractivity contribution in [1.82, 2.24) is 0 Å². The van der Waals surface area contributed by atoms with Crippen LogP contribution < -0.4 is 4.74 Å². The zero-order valence-electron chi connectivity index (χ0n) is 16.3. The molecular formula is C22H30O3Si. The zero-order valence-corrected chi connectivity index (χ0v) is 17.3. The van der Waals surface area contributed by atoms with E-state index in [1.807, 2.05) is 42.5 Å². The van der Waals surface area contributed by atoms with Gasteiger partial charge in [0.15, 0.2) is 14.1 Å². The molecule has 26 heavy (non-hydrogen) atoms. The molecule has 0 heterocycles. The van der Waals surface area contributed by atoms with Crippen molar-refractivity contribution in [2.24, 2.45) is 0 Å². The highest BCUT2D eigenvalue weighted by molar-refractivity contribution is 6.73. The molecule has 0 saturated heterocycles. The van der Waals surface area contributed by atoms with Gasteiger partial charge in [-0.1, -0.05) is 51.1 Å². The van der Waals surface area contributed by atoms with Crippen molar-refractivity contribution in [3.8, 4) is 5.75 Å². The summed E-state index contributed by atoms with van der Waals surface area (Å²) in [5.74, 6) is 0.810. The van der Waals surface area contributed by atoms with Crippen LogP contribution in [0.1, 0.15) is 36.7 Å².